The van der Waals surface area contributed by atoms with Gasteiger partial charge in [0.05, 0.1) is 5.51 Å². The van der Waals surface area contributed by atoms with Crippen LogP contribution in [0.4, 0.5) is 10.6 Å². The lowest BCUT2D eigenvalue weighted by atomic mass is 9.62. The van der Waals surface area contributed by atoms with E-state index in [-0.39, 0.29) is 12.2 Å². The number of carbonyl (C=O) groups excluding carboxylic acids is 1. The van der Waals surface area contributed by atoms with Gasteiger partial charge in [0.1, 0.15) is 11.9 Å². The van der Waals surface area contributed by atoms with E-state index in [1.54, 1.807) is 10.9 Å². The van der Waals surface area contributed by atoms with Crippen molar-refractivity contribution in [3.63, 3.8) is 0 Å². The van der Waals surface area contributed by atoms with Gasteiger partial charge in [0.25, 0.3) is 0 Å². The van der Waals surface area contributed by atoms with Crippen LogP contribution in [0.25, 0.3) is 0 Å². The number of nitrogens with zero attached hydrogens (tertiary/aromatic N) is 1. The minimum atomic E-state index is -0.380. The third kappa shape index (κ3) is 2.49. The molecule has 2 aliphatic rings. The molecule has 2 heterocycles. The Labute approximate surface area is 110 Å². The monoisotopic (exact) mass is 267 g/mol. The first-order valence-electron chi connectivity index (χ1n) is 6.32. The first kappa shape index (κ1) is 11.9. The van der Waals surface area contributed by atoms with Gasteiger partial charge < -0.3 is 10.1 Å². The van der Waals surface area contributed by atoms with Crippen LogP contribution in [0.5, 0.6) is 0 Å². The van der Waals surface area contributed by atoms with Gasteiger partial charge in [0, 0.05) is 5.38 Å². The fraction of sp³-hybridized carbons (Fsp3) is 0.667. The topological polar surface area (TPSA) is 63.2 Å². The highest BCUT2D eigenvalue weighted by atomic mass is 32.1. The molecule has 0 aromatic carbocycles. The second-order valence-corrected chi connectivity index (χ2v) is 5.90. The zero-order valence-corrected chi connectivity index (χ0v) is 11.0. The van der Waals surface area contributed by atoms with E-state index in [1.807, 2.05) is 0 Å². The molecule has 1 aliphatic carbocycles. The van der Waals surface area contributed by atoms with E-state index in [0.717, 1.165) is 25.9 Å². The van der Waals surface area contributed by atoms with Gasteiger partial charge in [-0.3, -0.25) is 5.32 Å². The Morgan fingerprint density at radius 2 is 2.28 bits per heavy atom. The van der Waals surface area contributed by atoms with Crippen molar-refractivity contribution < 1.29 is 9.53 Å². The number of thiazole rings is 1. The molecule has 0 atom stereocenters. The van der Waals surface area contributed by atoms with Gasteiger partial charge in [-0.15, -0.1) is 11.3 Å². The van der Waals surface area contributed by atoms with Crippen molar-refractivity contribution >= 4 is 23.2 Å². The second-order valence-electron chi connectivity index (χ2n) is 5.18. The van der Waals surface area contributed by atoms with E-state index in [1.165, 1.54) is 24.2 Å². The molecule has 3 rings (SSSR count). The maximum absolute atomic E-state index is 11.6. The molecule has 0 radical (unpaired) electrons. The molecule has 1 saturated heterocycles. The highest BCUT2D eigenvalue weighted by Gasteiger charge is 2.46. The molecule has 18 heavy (non-hydrogen) atoms. The largest absolute Gasteiger partial charge is 0.446 e. The number of hydrogen-bond donors (Lipinski definition) is 2. The Morgan fingerprint density at radius 3 is 2.94 bits per heavy atom. The number of ether oxygens (including phenoxy) is 1. The second kappa shape index (κ2) is 4.85. The zero-order chi connectivity index (χ0) is 12.4. The first-order valence-corrected chi connectivity index (χ1v) is 7.27. The number of carbonyl (C=O) groups is 1. The molecule has 1 aromatic rings. The number of aromatic nitrogens is 1. The summed E-state index contributed by atoms with van der Waals surface area (Å²) in [5, 5.41) is 7.79. The third-order valence-electron chi connectivity index (χ3n) is 3.92. The van der Waals surface area contributed by atoms with Crippen molar-refractivity contribution in [2.24, 2.45) is 5.41 Å². The maximum Gasteiger partial charge on any atom is 0.413 e. The number of amides is 1. The Kier molecular flexibility index (Phi) is 3.22. The highest BCUT2D eigenvalue weighted by Crippen LogP contribution is 2.49. The third-order valence-corrected chi connectivity index (χ3v) is 4.51. The van der Waals surface area contributed by atoms with Gasteiger partial charge >= 0.3 is 6.09 Å². The van der Waals surface area contributed by atoms with Crippen LogP contribution in [0.15, 0.2) is 10.9 Å². The van der Waals surface area contributed by atoms with Gasteiger partial charge in [0.15, 0.2) is 0 Å². The maximum atomic E-state index is 11.6. The predicted molar refractivity (Wildman–Crippen MR) is 69.8 cm³/mol. The van der Waals surface area contributed by atoms with Crippen molar-refractivity contribution in [3.05, 3.63) is 10.9 Å². The summed E-state index contributed by atoms with van der Waals surface area (Å²) in [6.07, 6.45) is 4.15. The van der Waals surface area contributed by atoms with Crippen LogP contribution >= 0.6 is 11.3 Å². The fourth-order valence-corrected chi connectivity index (χ4v) is 3.40. The van der Waals surface area contributed by atoms with Crippen LogP contribution in [0.2, 0.25) is 0 Å². The van der Waals surface area contributed by atoms with Crippen molar-refractivity contribution in [1.82, 2.24) is 10.3 Å². The standard InChI is InChI=1S/C12H17N3O2S/c16-11(15-10-7-18-8-14-10)17-9-5-12(6-9)1-3-13-4-2-12/h7-9,13H,1-6H2,(H,15,16). The average Bonchev–Trinajstić information content (AvgIpc) is 2.81. The summed E-state index contributed by atoms with van der Waals surface area (Å²) in [6, 6.07) is 0. The van der Waals surface area contributed by atoms with Gasteiger partial charge in [-0.2, -0.15) is 0 Å². The summed E-state index contributed by atoms with van der Waals surface area (Å²) >= 11 is 1.45. The highest BCUT2D eigenvalue weighted by molar-refractivity contribution is 7.07. The van der Waals surface area contributed by atoms with Crippen LogP contribution < -0.4 is 10.6 Å². The Morgan fingerprint density at radius 1 is 1.50 bits per heavy atom. The number of anilines is 1. The molecule has 1 saturated carbocycles. The molecular weight excluding hydrogens is 250 g/mol. The molecule has 2 N–H and O–H groups in total. The Balaban J connectivity index is 1.44. The summed E-state index contributed by atoms with van der Waals surface area (Å²) < 4.78 is 5.38. The predicted octanol–water partition coefficient (Wildman–Crippen LogP) is 2.22. The van der Waals surface area contributed by atoms with Crippen molar-refractivity contribution in [1.29, 1.82) is 0 Å². The van der Waals surface area contributed by atoms with Crippen molar-refractivity contribution in [2.45, 2.75) is 31.8 Å². The summed E-state index contributed by atoms with van der Waals surface area (Å²) in [7, 11) is 0. The van der Waals surface area contributed by atoms with Gasteiger partial charge in [-0.1, -0.05) is 0 Å². The molecule has 2 fully saturated rings. The molecule has 5 nitrogen and oxygen atoms in total. The lowest BCUT2D eigenvalue weighted by Crippen LogP contribution is -2.49. The molecular formula is C12H17N3O2S. The molecule has 1 amide bonds. The van der Waals surface area contributed by atoms with Gasteiger partial charge in [-0.25, -0.2) is 9.78 Å². The van der Waals surface area contributed by atoms with Gasteiger partial charge in [-0.05, 0) is 44.2 Å². The first-order chi connectivity index (χ1) is 8.76. The quantitative estimate of drug-likeness (QED) is 0.862. The van der Waals surface area contributed by atoms with Crippen LogP contribution in [0, 0.1) is 5.41 Å². The van der Waals surface area contributed by atoms with Crippen LogP contribution in [0.1, 0.15) is 25.7 Å². The molecule has 98 valence electrons. The van der Waals surface area contributed by atoms with Crippen LogP contribution in [-0.4, -0.2) is 30.3 Å². The van der Waals surface area contributed by atoms with E-state index in [4.69, 9.17) is 4.74 Å². The minimum Gasteiger partial charge on any atom is -0.446 e. The SMILES string of the molecule is O=C(Nc1cscn1)OC1CC2(CCNCC2)C1. The molecule has 0 bridgehead atoms. The fourth-order valence-electron chi connectivity index (χ4n) is 2.91. The van der Waals surface area contributed by atoms with E-state index in [2.05, 4.69) is 15.6 Å². The summed E-state index contributed by atoms with van der Waals surface area (Å²) in [5.74, 6) is 0.570. The molecule has 1 spiro atoms. The number of nitrogens with one attached hydrogen (secondary N) is 2. The smallest absolute Gasteiger partial charge is 0.413 e. The van der Waals surface area contributed by atoms with Gasteiger partial charge in [0.2, 0.25) is 0 Å². The minimum absolute atomic E-state index is 0.0849. The van der Waals surface area contributed by atoms with Crippen molar-refractivity contribution in [3.8, 4) is 0 Å². The zero-order valence-electron chi connectivity index (χ0n) is 10.1. The number of hydrogen-bond acceptors (Lipinski definition) is 5. The molecule has 1 aliphatic heterocycles. The Bertz CT molecular complexity index is 407. The molecule has 6 heteroatoms. The van der Waals surface area contributed by atoms with E-state index in [9.17, 15) is 4.79 Å². The summed E-state index contributed by atoms with van der Waals surface area (Å²) in [5.41, 5.74) is 2.12. The molecule has 1 aromatic heterocycles. The van der Waals surface area contributed by atoms with Crippen molar-refractivity contribution in [2.75, 3.05) is 18.4 Å². The van der Waals surface area contributed by atoms with E-state index >= 15 is 0 Å². The van der Waals surface area contributed by atoms with Crippen LogP contribution in [-0.2, 0) is 4.74 Å². The lowest BCUT2D eigenvalue weighted by molar-refractivity contribution is -0.0538. The normalized spacial score (nSPS) is 22.4. The summed E-state index contributed by atoms with van der Waals surface area (Å²) in [4.78, 5) is 15.6. The van der Waals surface area contributed by atoms with E-state index in [0.29, 0.717) is 11.2 Å². The van der Waals surface area contributed by atoms with Crippen LogP contribution in [0.3, 0.4) is 0 Å². The summed E-state index contributed by atoms with van der Waals surface area (Å²) in [6.45, 7) is 2.19. The Hall–Kier alpha value is -1.14. The number of piperidine rings is 1. The molecule has 0 unspecified atom stereocenters. The number of rotatable bonds is 2. The average molecular weight is 267 g/mol. The van der Waals surface area contributed by atoms with E-state index < -0.39 is 0 Å². The lowest BCUT2D eigenvalue weighted by Gasteiger charge is -2.49.